The highest BCUT2D eigenvalue weighted by Gasteiger charge is 2.24. The molecule has 0 saturated carbocycles. The molecule has 0 bridgehead atoms. The van der Waals surface area contributed by atoms with E-state index in [1.54, 1.807) is 42.5 Å². The normalized spacial score (nSPS) is 11.9. The van der Waals surface area contributed by atoms with E-state index in [1.165, 1.54) is 26.4 Å². The molecule has 2 heterocycles. The summed E-state index contributed by atoms with van der Waals surface area (Å²) < 4.78 is 22.1. The van der Waals surface area contributed by atoms with E-state index >= 15 is 0 Å². The molecule has 0 aliphatic rings. The second kappa shape index (κ2) is 8.98. The average Bonchev–Trinajstić information content (AvgIpc) is 3.30. The van der Waals surface area contributed by atoms with Crippen molar-refractivity contribution in [1.82, 2.24) is 0 Å². The fraction of sp³-hybridized carbons (Fsp3) is 0.130. The zero-order valence-corrected chi connectivity index (χ0v) is 18.5. The minimum atomic E-state index is -1.05. The first-order valence-electron chi connectivity index (χ1n) is 9.48. The van der Waals surface area contributed by atoms with E-state index in [2.05, 4.69) is 5.32 Å². The molecule has 0 aliphatic heterocycles. The molecule has 2 aromatic carbocycles. The van der Waals surface area contributed by atoms with Crippen LogP contribution in [0.25, 0.3) is 22.5 Å². The van der Waals surface area contributed by atoms with Crippen molar-refractivity contribution in [3.63, 3.8) is 0 Å². The monoisotopic (exact) mass is 473 g/mol. The topological polar surface area (TPSA) is 90.9 Å². The summed E-state index contributed by atoms with van der Waals surface area (Å²) in [5, 5.41) is 3.62. The second-order valence-corrected chi connectivity index (χ2v) is 7.65. The summed E-state index contributed by atoms with van der Waals surface area (Å²) in [7, 11) is 1.49. The maximum absolute atomic E-state index is 13.2. The Hall–Kier alpha value is -3.42. The van der Waals surface area contributed by atoms with E-state index in [9.17, 15) is 9.59 Å². The van der Waals surface area contributed by atoms with Gasteiger partial charge in [-0.3, -0.25) is 9.59 Å². The first-order chi connectivity index (χ1) is 15.4. The van der Waals surface area contributed by atoms with Crippen molar-refractivity contribution >= 4 is 45.8 Å². The summed E-state index contributed by atoms with van der Waals surface area (Å²) in [5.74, 6) is 0.169. The summed E-state index contributed by atoms with van der Waals surface area (Å²) in [6.45, 7) is 1.51. The Morgan fingerprint density at radius 2 is 1.94 bits per heavy atom. The number of furan rings is 1. The molecular weight excluding hydrogens is 457 g/mol. The molecule has 0 fully saturated rings. The van der Waals surface area contributed by atoms with E-state index in [0.29, 0.717) is 27.1 Å². The number of halogens is 2. The molecule has 0 saturated heterocycles. The lowest BCUT2D eigenvalue weighted by Crippen LogP contribution is -2.31. The van der Waals surface area contributed by atoms with Crippen molar-refractivity contribution in [2.75, 3.05) is 12.4 Å². The zero-order valence-electron chi connectivity index (χ0n) is 17.0. The van der Waals surface area contributed by atoms with Crippen LogP contribution in [0.3, 0.4) is 0 Å². The van der Waals surface area contributed by atoms with Gasteiger partial charge in [0, 0.05) is 10.7 Å². The first-order valence-corrected chi connectivity index (χ1v) is 10.2. The Morgan fingerprint density at radius 3 is 2.62 bits per heavy atom. The van der Waals surface area contributed by atoms with Crippen molar-refractivity contribution in [1.29, 1.82) is 0 Å². The summed E-state index contributed by atoms with van der Waals surface area (Å²) in [4.78, 5) is 25.9. The number of fused-ring (bicyclic) bond motifs is 1. The Labute approximate surface area is 192 Å². The van der Waals surface area contributed by atoms with E-state index in [-0.39, 0.29) is 22.7 Å². The molecule has 0 spiro atoms. The molecule has 0 aliphatic carbocycles. The van der Waals surface area contributed by atoms with Crippen molar-refractivity contribution in [3.8, 4) is 23.0 Å². The lowest BCUT2D eigenvalue weighted by Gasteiger charge is -2.16. The van der Waals surface area contributed by atoms with Crippen molar-refractivity contribution in [3.05, 3.63) is 75.1 Å². The van der Waals surface area contributed by atoms with Crippen LogP contribution in [0.5, 0.6) is 11.5 Å². The number of amides is 1. The summed E-state index contributed by atoms with van der Waals surface area (Å²) in [6.07, 6.45) is 0.387. The molecule has 2 aromatic heterocycles. The third-order valence-corrected chi connectivity index (χ3v) is 5.17. The summed E-state index contributed by atoms with van der Waals surface area (Å²) in [6, 6.07) is 12.7. The number of rotatable bonds is 6. The van der Waals surface area contributed by atoms with Crippen LogP contribution >= 0.6 is 23.2 Å². The molecule has 1 amide bonds. The van der Waals surface area contributed by atoms with E-state index < -0.39 is 17.4 Å². The number of ether oxygens (including phenoxy) is 2. The summed E-state index contributed by atoms with van der Waals surface area (Å²) >= 11 is 12.1. The number of hydrogen-bond donors (Lipinski definition) is 1. The van der Waals surface area contributed by atoms with Gasteiger partial charge in [0.1, 0.15) is 11.3 Å². The van der Waals surface area contributed by atoms with Gasteiger partial charge in [0.25, 0.3) is 5.91 Å². The van der Waals surface area contributed by atoms with Gasteiger partial charge in [0.15, 0.2) is 11.9 Å². The predicted octanol–water partition coefficient (Wildman–Crippen LogP) is 5.77. The Kier molecular flexibility index (Phi) is 6.12. The molecular formula is C23H17Cl2NO6. The maximum Gasteiger partial charge on any atom is 0.265 e. The minimum Gasteiger partial charge on any atom is -0.495 e. The predicted molar refractivity (Wildman–Crippen MR) is 122 cm³/mol. The number of nitrogens with one attached hydrogen (secondary N) is 1. The zero-order chi connectivity index (χ0) is 22.8. The highest BCUT2D eigenvalue weighted by Crippen LogP contribution is 2.33. The van der Waals surface area contributed by atoms with Crippen LogP contribution in [0.1, 0.15) is 6.92 Å². The van der Waals surface area contributed by atoms with Gasteiger partial charge < -0.3 is 23.6 Å². The maximum atomic E-state index is 13.2. The minimum absolute atomic E-state index is 0.0713. The molecule has 4 aromatic rings. The molecule has 32 heavy (non-hydrogen) atoms. The van der Waals surface area contributed by atoms with Gasteiger partial charge in [0.2, 0.25) is 16.9 Å². The standard InChI is InChI=1S/C23H17Cl2NO6/c1-12(23(28)26-14-6-8-18(29-2)16(25)11-14)31-22-20(27)15-10-13(24)5-7-17(15)32-21(22)19-4-3-9-30-19/h3-12H,1-2H3,(H,26,28). The van der Waals surface area contributed by atoms with E-state index in [0.717, 1.165) is 0 Å². The van der Waals surface area contributed by atoms with Crippen LogP contribution in [0.2, 0.25) is 10.0 Å². The van der Waals surface area contributed by atoms with Gasteiger partial charge >= 0.3 is 0 Å². The third-order valence-electron chi connectivity index (χ3n) is 4.64. The Balaban J connectivity index is 1.67. The van der Waals surface area contributed by atoms with Crippen molar-refractivity contribution in [2.24, 2.45) is 0 Å². The lowest BCUT2D eigenvalue weighted by atomic mass is 10.2. The molecule has 1 unspecified atom stereocenters. The number of carbonyl (C=O) groups excluding carboxylic acids is 1. The molecule has 164 valence electrons. The number of hydrogen-bond acceptors (Lipinski definition) is 6. The second-order valence-electron chi connectivity index (χ2n) is 6.81. The molecule has 4 rings (SSSR count). The highest BCUT2D eigenvalue weighted by molar-refractivity contribution is 6.32. The van der Waals surface area contributed by atoms with Gasteiger partial charge in [-0.25, -0.2) is 0 Å². The molecule has 1 N–H and O–H groups in total. The Bertz CT molecular complexity index is 1350. The van der Waals surface area contributed by atoms with Gasteiger partial charge in [0.05, 0.1) is 23.8 Å². The molecule has 9 heteroatoms. The average molecular weight is 474 g/mol. The smallest absolute Gasteiger partial charge is 0.265 e. The van der Waals surface area contributed by atoms with Crippen LogP contribution in [-0.2, 0) is 4.79 Å². The molecule has 7 nitrogen and oxygen atoms in total. The van der Waals surface area contributed by atoms with Crippen molar-refractivity contribution in [2.45, 2.75) is 13.0 Å². The number of carbonyl (C=O) groups is 1. The molecule has 1 atom stereocenters. The van der Waals surface area contributed by atoms with Crippen LogP contribution < -0.4 is 20.2 Å². The van der Waals surface area contributed by atoms with Gasteiger partial charge in [-0.15, -0.1) is 0 Å². The van der Waals surface area contributed by atoms with Crippen molar-refractivity contribution < 1.29 is 23.1 Å². The first kappa shape index (κ1) is 21.8. The number of anilines is 1. The Morgan fingerprint density at radius 1 is 1.12 bits per heavy atom. The summed E-state index contributed by atoms with van der Waals surface area (Å²) in [5.41, 5.74) is 0.273. The SMILES string of the molecule is COc1ccc(NC(=O)C(C)Oc2c(-c3ccco3)oc3ccc(Cl)cc3c2=O)cc1Cl. The van der Waals surface area contributed by atoms with E-state index in [1.807, 2.05) is 0 Å². The van der Waals surface area contributed by atoms with E-state index in [4.69, 9.17) is 41.5 Å². The van der Waals surface area contributed by atoms with Crippen LogP contribution in [-0.4, -0.2) is 19.1 Å². The fourth-order valence-corrected chi connectivity index (χ4v) is 3.48. The number of benzene rings is 2. The van der Waals surface area contributed by atoms with Gasteiger partial charge in [-0.2, -0.15) is 0 Å². The lowest BCUT2D eigenvalue weighted by molar-refractivity contribution is -0.122. The van der Waals surface area contributed by atoms with Gasteiger partial charge in [-0.05, 0) is 55.5 Å². The fourth-order valence-electron chi connectivity index (χ4n) is 3.05. The quantitative estimate of drug-likeness (QED) is 0.381. The van der Waals surface area contributed by atoms with Crippen LogP contribution in [0, 0.1) is 0 Å². The third kappa shape index (κ3) is 4.30. The largest absolute Gasteiger partial charge is 0.495 e. The molecule has 0 radical (unpaired) electrons. The van der Waals surface area contributed by atoms with Crippen LogP contribution in [0.4, 0.5) is 5.69 Å². The highest BCUT2D eigenvalue weighted by atomic mass is 35.5. The van der Waals surface area contributed by atoms with Crippen LogP contribution in [0.15, 0.2) is 68.4 Å². The van der Waals surface area contributed by atoms with Gasteiger partial charge in [-0.1, -0.05) is 23.2 Å². The number of methoxy groups -OCH3 is 1.